The van der Waals surface area contributed by atoms with Crippen LogP contribution in [-0.4, -0.2) is 13.1 Å². The second-order valence-corrected chi connectivity index (χ2v) is 5.66. The zero-order valence-electron chi connectivity index (χ0n) is 11.2. The molecule has 0 bridgehead atoms. The van der Waals surface area contributed by atoms with Crippen molar-refractivity contribution in [2.24, 2.45) is 0 Å². The maximum absolute atomic E-state index is 14.2. The highest BCUT2D eigenvalue weighted by atomic mass is 35.5. The van der Waals surface area contributed by atoms with Crippen LogP contribution in [0.3, 0.4) is 0 Å². The van der Waals surface area contributed by atoms with E-state index in [-0.39, 0.29) is 17.7 Å². The van der Waals surface area contributed by atoms with Crippen LogP contribution in [0.25, 0.3) is 0 Å². The fourth-order valence-corrected chi connectivity index (χ4v) is 3.42. The summed E-state index contributed by atoms with van der Waals surface area (Å²) in [5, 5.41) is 3.95. The molecular formula is C17H17ClFN. The van der Waals surface area contributed by atoms with E-state index in [0.29, 0.717) is 10.6 Å². The SMILES string of the molecule is Fc1cccc(Cl)c1C1CCNCC1c1ccccc1. The van der Waals surface area contributed by atoms with Crippen molar-refractivity contribution in [1.82, 2.24) is 5.32 Å². The third-order valence-corrected chi connectivity index (χ3v) is 4.41. The van der Waals surface area contributed by atoms with Crippen LogP contribution in [0.15, 0.2) is 48.5 Å². The van der Waals surface area contributed by atoms with Gasteiger partial charge >= 0.3 is 0 Å². The smallest absolute Gasteiger partial charge is 0.128 e. The number of halogens is 2. The lowest BCUT2D eigenvalue weighted by atomic mass is 9.77. The summed E-state index contributed by atoms with van der Waals surface area (Å²) in [5.74, 6) is 0.206. The number of nitrogens with one attached hydrogen (secondary N) is 1. The Labute approximate surface area is 123 Å². The second-order valence-electron chi connectivity index (χ2n) is 5.25. The lowest BCUT2D eigenvalue weighted by Gasteiger charge is -2.33. The first-order valence-electron chi connectivity index (χ1n) is 6.97. The van der Waals surface area contributed by atoms with Crippen molar-refractivity contribution in [1.29, 1.82) is 0 Å². The molecule has 1 aliphatic heterocycles. The number of benzene rings is 2. The molecule has 104 valence electrons. The highest BCUT2D eigenvalue weighted by Crippen LogP contribution is 2.41. The maximum atomic E-state index is 14.2. The van der Waals surface area contributed by atoms with Crippen LogP contribution in [0.4, 0.5) is 4.39 Å². The molecule has 0 spiro atoms. The van der Waals surface area contributed by atoms with Crippen LogP contribution in [0.5, 0.6) is 0 Å². The van der Waals surface area contributed by atoms with Crippen LogP contribution in [0.2, 0.25) is 5.02 Å². The van der Waals surface area contributed by atoms with Crippen LogP contribution < -0.4 is 5.32 Å². The third kappa shape index (κ3) is 2.58. The number of hydrogen-bond acceptors (Lipinski definition) is 1. The van der Waals surface area contributed by atoms with Gasteiger partial charge in [-0.25, -0.2) is 4.39 Å². The van der Waals surface area contributed by atoms with Crippen molar-refractivity contribution in [2.75, 3.05) is 13.1 Å². The van der Waals surface area contributed by atoms with E-state index in [1.165, 1.54) is 11.6 Å². The Morgan fingerprint density at radius 2 is 1.80 bits per heavy atom. The molecule has 1 nitrogen and oxygen atoms in total. The minimum Gasteiger partial charge on any atom is -0.316 e. The number of piperidine rings is 1. The van der Waals surface area contributed by atoms with E-state index in [1.807, 2.05) is 18.2 Å². The lowest BCUT2D eigenvalue weighted by molar-refractivity contribution is 0.393. The molecule has 2 aromatic rings. The minimum atomic E-state index is -0.190. The first-order chi connectivity index (χ1) is 9.77. The van der Waals surface area contributed by atoms with E-state index in [1.54, 1.807) is 12.1 Å². The van der Waals surface area contributed by atoms with Crippen molar-refractivity contribution in [2.45, 2.75) is 18.3 Å². The van der Waals surface area contributed by atoms with Crippen molar-refractivity contribution >= 4 is 11.6 Å². The van der Waals surface area contributed by atoms with Crippen molar-refractivity contribution in [3.8, 4) is 0 Å². The van der Waals surface area contributed by atoms with Gasteiger partial charge in [0.2, 0.25) is 0 Å². The minimum absolute atomic E-state index is 0.132. The standard InChI is InChI=1S/C17H17ClFN/c18-15-7-4-8-16(19)17(15)13-9-10-20-11-14(13)12-5-2-1-3-6-12/h1-8,13-14,20H,9-11H2. The molecule has 0 aliphatic carbocycles. The number of rotatable bonds is 2. The van der Waals surface area contributed by atoms with Gasteiger partial charge in [-0.1, -0.05) is 48.0 Å². The van der Waals surface area contributed by atoms with E-state index in [9.17, 15) is 4.39 Å². The Morgan fingerprint density at radius 3 is 2.55 bits per heavy atom. The Bertz CT molecular complexity index is 565. The van der Waals surface area contributed by atoms with Gasteiger partial charge in [-0.05, 0) is 36.6 Å². The van der Waals surface area contributed by atoms with Crippen molar-refractivity contribution in [3.05, 3.63) is 70.5 Å². The lowest BCUT2D eigenvalue weighted by Crippen LogP contribution is -2.34. The molecule has 3 heteroatoms. The molecule has 0 aromatic heterocycles. The average Bonchev–Trinajstić information content (AvgIpc) is 2.48. The maximum Gasteiger partial charge on any atom is 0.128 e. The summed E-state index contributed by atoms with van der Waals surface area (Å²) < 4.78 is 14.2. The van der Waals surface area contributed by atoms with E-state index < -0.39 is 0 Å². The summed E-state index contributed by atoms with van der Waals surface area (Å²) in [7, 11) is 0. The van der Waals surface area contributed by atoms with E-state index >= 15 is 0 Å². The van der Waals surface area contributed by atoms with Gasteiger partial charge in [0.05, 0.1) is 0 Å². The molecule has 2 aromatic carbocycles. The van der Waals surface area contributed by atoms with Crippen LogP contribution in [-0.2, 0) is 0 Å². The predicted molar refractivity (Wildman–Crippen MR) is 80.8 cm³/mol. The van der Waals surface area contributed by atoms with Crippen LogP contribution >= 0.6 is 11.6 Å². The van der Waals surface area contributed by atoms with Crippen LogP contribution in [0, 0.1) is 5.82 Å². The van der Waals surface area contributed by atoms with E-state index in [2.05, 4.69) is 17.4 Å². The van der Waals surface area contributed by atoms with Crippen molar-refractivity contribution in [3.63, 3.8) is 0 Å². The zero-order valence-corrected chi connectivity index (χ0v) is 11.9. The largest absolute Gasteiger partial charge is 0.316 e. The Balaban J connectivity index is 2.01. The third-order valence-electron chi connectivity index (χ3n) is 4.08. The van der Waals surface area contributed by atoms with Gasteiger partial charge in [-0.15, -0.1) is 0 Å². The highest BCUT2D eigenvalue weighted by molar-refractivity contribution is 6.31. The van der Waals surface area contributed by atoms with Gasteiger partial charge in [0.15, 0.2) is 0 Å². The first kappa shape index (κ1) is 13.6. The van der Waals surface area contributed by atoms with Gasteiger partial charge in [0.1, 0.15) is 5.82 Å². The Morgan fingerprint density at radius 1 is 1.00 bits per heavy atom. The quantitative estimate of drug-likeness (QED) is 0.867. The monoisotopic (exact) mass is 289 g/mol. The molecule has 2 atom stereocenters. The molecular weight excluding hydrogens is 273 g/mol. The summed E-state index contributed by atoms with van der Waals surface area (Å²) in [6.45, 7) is 1.76. The molecule has 0 radical (unpaired) electrons. The molecule has 0 amide bonds. The van der Waals surface area contributed by atoms with Crippen LogP contribution in [0.1, 0.15) is 29.4 Å². The molecule has 1 aliphatic rings. The zero-order chi connectivity index (χ0) is 13.9. The molecule has 1 fully saturated rings. The summed E-state index contributed by atoms with van der Waals surface area (Å²) in [5.41, 5.74) is 1.91. The molecule has 3 rings (SSSR count). The predicted octanol–water partition coefficient (Wildman–Crippen LogP) is 4.34. The summed E-state index contributed by atoms with van der Waals surface area (Å²) in [4.78, 5) is 0. The average molecular weight is 290 g/mol. The van der Waals surface area contributed by atoms with Gasteiger partial charge in [-0.2, -0.15) is 0 Å². The summed E-state index contributed by atoms with van der Waals surface area (Å²) in [6.07, 6.45) is 0.903. The Kier molecular flexibility index (Phi) is 4.04. The van der Waals surface area contributed by atoms with E-state index in [4.69, 9.17) is 11.6 Å². The highest BCUT2D eigenvalue weighted by Gasteiger charge is 2.30. The normalized spacial score (nSPS) is 22.7. The molecule has 1 N–H and O–H groups in total. The molecule has 1 saturated heterocycles. The molecule has 2 unspecified atom stereocenters. The van der Waals surface area contributed by atoms with Crippen molar-refractivity contribution < 1.29 is 4.39 Å². The molecule has 1 heterocycles. The fraction of sp³-hybridized carbons (Fsp3) is 0.294. The van der Waals surface area contributed by atoms with Gasteiger partial charge in [0.25, 0.3) is 0 Å². The summed E-state index contributed by atoms with van der Waals surface area (Å²) in [6, 6.07) is 15.2. The topological polar surface area (TPSA) is 12.0 Å². The van der Waals surface area contributed by atoms with E-state index in [0.717, 1.165) is 19.5 Å². The summed E-state index contributed by atoms with van der Waals surface area (Å²) >= 11 is 6.26. The van der Waals surface area contributed by atoms with Gasteiger partial charge in [-0.3, -0.25) is 0 Å². The Hall–Kier alpha value is -1.38. The second kappa shape index (κ2) is 5.94. The van der Waals surface area contributed by atoms with Gasteiger partial charge in [0, 0.05) is 23.0 Å². The fourth-order valence-electron chi connectivity index (χ4n) is 3.12. The first-order valence-corrected chi connectivity index (χ1v) is 7.34. The molecule has 20 heavy (non-hydrogen) atoms. The molecule has 0 saturated carbocycles. The van der Waals surface area contributed by atoms with Gasteiger partial charge < -0.3 is 5.32 Å². The number of hydrogen-bond donors (Lipinski definition) is 1.